The van der Waals surface area contributed by atoms with Gasteiger partial charge in [-0.3, -0.25) is 96.5 Å². The lowest BCUT2D eigenvalue weighted by molar-refractivity contribution is -0.141. The number of carbonyl (C=O) groups excluding carboxylic acids is 18. The number of nitrogens with two attached hydrogens (primary N) is 3. The van der Waals surface area contributed by atoms with E-state index in [1.54, 1.807) is 60.9 Å². The number of carboxylic acid groups (broad SMARTS) is 1. The summed E-state index contributed by atoms with van der Waals surface area (Å²) in [6, 6.07) is -3.81. The summed E-state index contributed by atoms with van der Waals surface area (Å²) in [7, 11) is 0. The number of hydrogen-bond donors (Lipinski definition) is 31. The van der Waals surface area contributed by atoms with Gasteiger partial charge in [-0.05, 0) is 80.0 Å². The summed E-state index contributed by atoms with van der Waals surface area (Å²) in [5.41, 5.74) is 19.3. The monoisotopic (exact) mass is 1950 g/mol. The first-order valence-electron chi connectivity index (χ1n) is 43.0. The SMILES string of the molecule is CC(=O)N[C@@H](CS)C(=O)N[C@@H](C)C(=O)N[C@@H](CC(=O)O)C(=O)N[C@@H](Cc1c[nH]c2ccccc12)C(=O)N[C@H](C(=O)N[C@@H](CS)C(=O)N[C@@H](Cc1ccc(O)cc1)C(=O)N[C@@H](Cc1c[nH]c2ccccc12)C(=O)N[C@@H](Cc1cnc[nH]1)C(=O)N[C@@H](CCCNC(=N)N)C(=O)N[C@@H](CO)C(=O)N[C@H](C(=O)NCC(=O)NCC(=O)N[C@@H](CCC(N)=O)C(=O)N[C@@H](Cc1cnc[nH]1)C(N)=O)[C@@H](C)O)C(C)C. The number of imidazole rings is 2. The number of aliphatic carboxylic acids is 1. The maximum absolute atomic E-state index is 15.4. The van der Waals surface area contributed by atoms with Crippen LogP contribution < -0.4 is 108 Å². The number of aromatic nitrogens is 6. The predicted octanol–water partition coefficient (Wildman–Crippen LogP) is -8.25. The number of carbonyl (C=O) groups is 19. The Bertz CT molecular complexity index is 5430. The number of carboxylic acids is 1. The zero-order chi connectivity index (χ0) is 101. The number of aromatic amines is 4. The number of rotatable bonds is 56. The van der Waals surface area contributed by atoms with Crippen LogP contribution in [0.1, 0.15) is 94.8 Å². The van der Waals surface area contributed by atoms with Crippen molar-refractivity contribution in [2.45, 2.75) is 190 Å². The molecule has 0 radical (unpaired) electrons. The summed E-state index contributed by atoms with van der Waals surface area (Å²) >= 11 is 8.48. The van der Waals surface area contributed by atoms with Gasteiger partial charge in [-0.2, -0.15) is 25.3 Å². The van der Waals surface area contributed by atoms with E-state index in [0.29, 0.717) is 44.2 Å². The topological polar surface area (TPSA) is 801 Å². The fourth-order valence-corrected chi connectivity index (χ4v) is 14.3. The van der Waals surface area contributed by atoms with Crippen molar-refractivity contribution >= 4 is 165 Å². The second kappa shape index (κ2) is 53.6. The lowest BCUT2D eigenvalue weighted by Gasteiger charge is -2.29. The molecule has 0 aliphatic heterocycles. The number of benzene rings is 3. The van der Waals surface area contributed by atoms with Crippen molar-refractivity contribution in [2.24, 2.45) is 23.1 Å². The summed E-state index contributed by atoms with van der Waals surface area (Å²) in [6.07, 6.45) is 2.74. The molecule has 0 bridgehead atoms. The number of hydrogen-bond acceptors (Lipinski definition) is 27. The molecule has 0 saturated carbocycles. The predicted molar refractivity (Wildman–Crippen MR) is 495 cm³/mol. The number of nitrogens with zero attached hydrogens (tertiary/aromatic N) is 2. The number of primary amides is 2. The van der Waals surface area contributed by atoms with Gasteiger partial charge in [0.15, 0.2) is 5.96 Å². The van der Waals surface area contributed by atoms with Crippen molar-refractivity contribution in [3.63, 3.8) is 0 Å². The van der Waals surface area contributed by atoms with E-state index >= 15 is 14.4 Å². The minimum Gasteiger partial charge on any atom is -0.508 e. The molecule has 7 rings (SSSR count). The van der Waals surface area contributed by atoms with Crippen LogP contribution in [-0.4, -0.2) is 297 Å². The quantitative estimate of drug-likeness (QED) is 0.00729. The molecular formula is C85H115N27O23S2. The Morgan fingerprint density at radius 2 is 0.869 bits per heavy atom. The zero-order valence-electron chi connectivity index (χ0n) is 75.0. The summed E-state index contributed by atoms with van der Waals surface area (Å²) in [6.45, 7) is 3.44. The van der Waals surface area contributed by atoms with Crippen LogP contribution in [0, 0.1) is 11.3 Å². The fraction of sp³-hybridized carbons (Fsp3) is 0.435. The molecule has 3 aromatic carbocycles. The number of nitrogens with one attached hydrogen (secondary N) is 22. The molecule has 740 valence electrons. The summed E-state index contributed by atoms with van der Waals surface area (Å²) in [4.78, 5) is 280. The number of aliphatic hydroxyl groups excluding tert-OH is 2. The van der Waals surface area contributed by atoms with Crippen LogP contribution in [0.5, 0.6) is 5.75 Å². The van der Waals surface area contributed by atoms with Gasteiger partial charge in [-0.15, -0.1) is 0 Å². The van der Waals surface area contributed by atoms with Gasteiger partial charge in [0.25, 0.3) is 0 Å². The third-order valence-electron chi connectivity index (χ3n) is 21.1. The van der Waals surface area contributed by atoms with E-state index in [0.717, 1.165) is 13.8 Å². The van der Waals surface area contributed by atoms with Crippen molar-refractivity contribution in [3.8, 4) is 5.75 Å². The normalized spacial score (nSPS) is 14.4. The molecule has 0 aliphatic rings. The largest absolute Gasteiger partial charge is 0.508 e. The molecule has 0 fully saturated rings. The molecule has 32 N–H and O–H groups in total. The van der Waals surface area contributed by atoms with Gasteiger partial charge < -0.3 is 148 Å². The fourth-order valence-electron chi connectivity index (χ4n) is 13.8. The highest BCUT2D eigenvalue weighted by molar-refractivity contribution is 7.80. The van der Waals surface area contributed by atoms with Crippen molar-refractivity contribution in [3.05, 3.63) is 138 Å². The summed E-state index contributed by atoms with van der Waals surface area (Å²) < 4.78 is 0. The van der Waals surface area contributed by atoms with E-state index in [2.05, 4.69) is 146 Å². The standard InChI is InChI=1S/C85H115N27O23S2/c1-40(2)69(111-79(130)59(25-46-30-94-53-14-9-7-12-51(46)53)107-78(129)61(28-68(120)121)104-72(123)41(3)99-81(132)63(36-136)100-43(5)115)84(135)110-64(37-137)82(133)105-57(23-44-16-18-49(116)19-17-44)75(126)106-58(24-45-29-93-52-13-8-6-11-50(45)52)76(127)108-60(27-48-32-91-39-98-48)77(128)102-54(15-10-22-92-85(88)89)73(124)109-62(35-113)80(131)112-70(42(4)114)83(134)96-33-66(118)95-34-67(119)101-55(20-21-65(86)117)74(125)103-56(71(87)122)26-47-31-90-38-97-47/h6-9,11-14,16-19,29-32,38-42,54-64,69-70,93-94,113-114,116,136-137H,10,15,20-28,33-37H2,1-5H3,(H2,86,117)(H2,87,122)(H,90,97)(H,91,98)(H,95,118)(H,96,134)(H,99,132)(H,100,115)(H,101,119)(H,102,128)(H,103,125)(H,104,123)(H,105,133)(H,106,126)(H,107,129)(H,108,127)(H,109,124)(H,110,135)(H,111,130)(H,112,131)(H,120,121)(H4,88,89,92)/t41-,42+,54-,55-,56-,57-,58-,59-,60-,61-,62-,63-,64-,69-,70-/m0/s1. The van der Waals surface area contributed by atoms with Crippen LogP contribution >= 0.6 is 25.3 Å². The average molecular weight is 1950 g/mol. The maximum Gasteiger partial charge on any atom is 0.305 e. The van der Waals surface area contributed by atoms with Gasteiger partial charge in [0.1, 0.15) is 90.3 Å². The van der Waals surface area contributed by atoms with Crippen molar-refractivity contribution in [1.82, 2.24) is 120 Å². The van der Waals surface area contributed by atoms with Crippen molar-refractivity contribution in [1.29, 1.82) is 5.41 Å². The van der Waals surface area contributed by atoms with Gasteiger partial charge >= 0.3 is 5.97 Å². The molecule has 15 atom stereocenters. The van der Waals surface area contributed by atoms with Crippen LogP contribution in [0.3, 0.4) is 0 Å². The van der Waals surface area contributed by atoms with Crippen LogP contribution in [0.25, 0.3) is 21.8 Å². The number of H-pyrrole nitrogens is 4. The maximum atomic E-state index is 15.4. The highest BCUT2D eigenvalue weighted by atomic mass is 32.1. The van der Waals surface area contributed by atoms with Gasteiger partial charge in [-0.25, -0.2) is 9.97 Å². The van der Waals surface area contributed by atoms with E-state index in [1.165, 1.54) is 70.1 Å². The molecule has 50 nitrogen and oxygen atoms in total. The van der Waals surface area contributed by atoms with Crippen LogP contribution in [0.4, 0.5) is 0 Å². The number of amides is 18. The third kappa shape index (κ3) is 35.0. The van der Waals surface area contributed by atoms with E-state index < -0.39 is 266 Å². The van der Waals surface area contributed by atoms with E-state index in [9.17, 15) is 97.1 Å². The first kappa shape index (κ1) is 109. The lowest BCUT2D eigenvalue weighted by Crippen LogP contribution is -2.62. The van der Waals surface area contributed by atoms with E-state index in [1.807, 2.05) is 0 Å². The molecule has 18 amide bonds. The molecule has 0 aliphatic carbocycles. The van der Waals surface area contributed by atoms with Crippen molar-refractivity contribution in [2.75, 3.05) is 37.7 Å². The van der Waals surface area contributed by atoms with Gasteiger partial charge in [0.05, 0.1) is 44.9 Å². The Morgan fingerprint density at radius 1 is 0.438 bits per heavy atom. The minimum absolute atomic E-state index is 0.0634. The van der Waals surface area contributed by atoms with Gasteiger partial charge in [0.2, 0.25) is 106 Å². The molecule has 137 heavy (non-hydrogen) atoms. The van der Waals surface area contributed by atoms with Gasteiger partial charge in [0, 0.05) is 121 Å². The molecule has 52 heteroatoms. The Kier molecular flexibility index (Phi) is 42.6. The molecule has 4 heterocycles. The number of guanidine groups is 1. The minimum atomic E-state index is -1.98. The number of para-hydroxylation sites is 2. The number of aromatic hydroxyl groups is 1. The highest BCUT2D eigenvalue weighted by Crippen LogP contribution is 2.23. The smallest absolute Gasteiger partial charge is 0.305 e. The number of aliphatic hydroxyl groups is 2. The Morgan fingerprint density at radius 3 is 1.36 bits per heavy atom. The Labute approximate surface area is 793 Å². The van der Waals surface area contributed by atoms with Crippen molar-refractivity contribution < 1.29 is 112 Å². The first-order chi connectivity index (χ1) is 65.0. The lowest BCUT2D eigenvalue weighted by atomic mass is 9.99. The Hall–Kier alpha value is -15.2. The average Bonchev–Trinajstić information content (AvgIpc) is 1.66. The van der Waals surface area contributed by atoms with E-state index in [-0.39, 0.29) is 62.3 Å². The summed E-state index contributed by atoms with van der Waals surface area (Å²) in [5.74, 6) is -22.2. The number of fused-ring (bicyclic) bond motifs is 2. The first-order valence-corrected chi connectivity index (χ1v) is 44.3. The number of thiol groups is 2. The van der Waals surface area contributed by atoms with Gasteiger partial charge in [-0.1, -0.05) is 62.4 Å². The second-order valence-electron chi connectivity index (χ2n) is 32.2. The molecule has 0 spiro atoms. The van der Waals surface area contributed by atoms with Crippen LogP contribution in [0.2, 0.25) is 0 Å². The summed E-state index contributed by atoms with van der Waals surface area (Å²) in [5, 5.41) is 92.0. The third-order valence-corrected chi connectivity index (χ3v) is 21.9. The second-order valence-corrected chi connectivity index (χ2v) is 32.9. The van der Waals surface area contributed by atoms with Crippen LogP contribution in [-0.2, 0) is 123 Å². The van der Waals surface area contributed by atoms with Crippen LogP contribution in [0.15, 0.2) is 110 Å². The molecule has 4 aromatic heterocycles. The molecule has 7 aromatic rings. The number of phenols is 1. The molecule has 0 unspecified atom stereocenters. The van der Waals surface area contributed by atoms with E-state index in [4.69, 9.17) is 22.6 Å². The zero-order valence-corrected chi connectivity index (χ0v) is 76.8. The molecular weight excluding hydrogens is 1830 g/mol. The Balaban J connectivity index is 1.09. The highest BCUT2D eigenvalue weighted by Gasteiger charge is 2.40. The molecule has 0 saturated heterocycles. The number of phenolic OH excluding ortho intramolecular Hbond substituents is 1.